The molecule has 21 heavy (non-hydrogen) atoms. The number of fused-ring (bicyclic) bond motifs is 1. The molecule has 0 saturated carbocycles. The number of rotatable bonds is 4. The van der Waals surface area contributed by atoms with Crippen molar-refractivity contribution in [1.29, 1.82) is 0 Å². The second-order valence-electron chi connectivity index (χ2n) is 5.80. The van der Waals surface area contributed by atoms with Crippen LogP contribution in [0.15, 0.2) is 22.6 Å². The van der Waals surface area contributed by atoms with Crippen molar-refractivity contribution in [3.63, 3.8) is 0 Å². The normalized spacial score (nSPS) is 21.7. The summed E-state index contributed by atoms with van der Waals surface area (Å²) >= 11 is 0. The lowest BCUT2D eigenvalue weighted by molar-refractivity contribution is 0.146. The number of furan rings is 1. The van der Waals surface area contributed by atoms with Gasteiger partial charge in [-0.15, -0.1) is 12.4 Å². The van der Waals surface area contributed by atoms with E-state index in [2.05, 4.69) is 42.7 Å². The van der Waals surface area contributed by atoms with Gasteiger partial charge in [-0.25, -0.2) is 0 Å². The first-order valence-corrected chi connectivity index (χ1v) is 7.22. The van der Waals surface area contributed by atoms with Crippen LogP contribution < -0.4 is 10.6 Å². The molecular weight excluding hydrogens is 288 g/mol. The van der Waals surface area contributed by atoms with E-state index in [9.17, 15) is 5.11 Å². The average Bonchev–Trinajstić information content (AvgIpc) is 2.97. The molecule has 5 heteroatoms. The number of hydrogen-bond donors (Lipinski definition) is 3. The fourth-order valence-electron chi connectivity index (χ4n) is 2.75. The molecule has 4 nitrogen and oxygen atoms in total. The van der Waals surface area contributed by atoms with Crippen LogP contribution in [0.2, 0.25) is 0 Å². The molecule has 0 amide bonds. The number of β-amino-alcohol motifs (C(OH)–C–C–N with tert-alkyl or cyclic N) is 1. The lowest BCUT2D eigenvalue weighted by Gasteiger charge is -2.13. The third-order valence-corrected chi connectivity index (χ3v) is 4.19. The Balaban J connectivity index is 0.00000161. The van der Waals surface area contributed by atoms with E-state index in [0.29, 0.717) is 19.0 Å². The van der Waals surface area contributed by atoms with Crippen LogP contribution in [0.25, 0.3) is 11.0 Å². The zero-order valence-corrected chi connectivity index (χ0v) is 13.3. The molecule has 3 N–H and O–H groups in total. The SMILES string of the molecule is Cc1cc2cc(CNCC3CNCC3O)oc2cc1C.Cl. The maximum Gasteiger partial charge on any atom is 0.134 e. The Labute approximate surface area is 131 Å². The summed E-state index contributed by atoms with van der Waals surface area (Å²) in [6, 6.07) is 6.36. The molecular formula is C16H23ClN2O2. The maximum absolute atomic E-state index is 9.74. The minimum Gasteiger partial charge on any atom is -0.460 e. The molecule has 1 aliphatic heterocycles. The first kappa shape index (κ1) is 16.3. The third kappa shape index (κ3) is 3.58. The molecule has 2 atom stereocenters. The third-order valence-electron chi connectivity index (χ3n) is 4.19. The van der Waals surface area contributed by atoms with Crippen molar-refractivity contribution in [3.8, 4) is 0 Å². The zero-order chi connectivity index (χ0) is 14.1. The lowest BCUT2D eigenvalue weighted by atomic mass is 10.1. The molecule has 1 saturated heterocycles. The van der Waals surface area contributed by atoms with E-state index in [1.54, 1.807) is 0 Å². The summed E-state index contributed by atoms with van der Waals surface area (Å²) in [5, 5.41) is 17.5. The Morgan fingerprint density at radius 1 is 1.24 bits per heavy atom. The monoisotopic (exact) mass is 310 g/mol. The van der Waals surface area contributed by atoms with Crippen molar-refractivity contribution < 1.29 is 9.52 Å². The summed E-state index contributed by atoms with van der Waals surface area (Å²) < 4.78 is 5.85. The summed E-state index contributed by atoms with van der Waals surface area (Å²) in [6.07, 6.45) is -0.233. The number of benzene rings is 1. The van der Waals surface area contributed by atoms with Crippen LogP contribution >= 0.6 is 12.4 Å². The average molecular weight is 311 g/mol. The summed E-state index contributed by atoms with van der Waals surface area (Å²) in [5.74, 6) is 1.24. The van der Waals surface area contributed by atoms with E-state index < -0.39 is 0 Å². The number of aryl methyl sites for hydroxylation is 2. The van der Waals surface area contributed by atoms with Crippen LogP contribution in [0.3, 0.4) is 0 Å². The molecule has 0 spiro atoms. The molecule has 1 aromatic carbocycles. The Morgan fingerprint density at radius 2 is 2.00 bits per heavy atom. The van der Waals surface area contributed by atoms with Crippen LogP contribution in [-0.4, -0.2) is 30.8 Å². The minimum absolute atomic E-state index is 0. The summed E-state index contributed by atoms with van der Waals surface area (Å²) in [7, 11) is 0. The van der Waals surface area contributed by atoms with E-state index in [-0.39, 0.29) is 18.5 Å². The maximum atomic E-state index is 9.74. The second-order valence-corrected chi connectivity index (χ2v) is 5.80. The smallest absolute Gasteiger partial charge is 0.134 e. The van der Waals surface area contributed by atoms with Gasteiger partial charge in [0.1, 0.15) is 11.3 Å². The molecule has 0 radical (unpaired) electrons. The van der Waals surface area contributed by atoms with Crippen LogP contribution in [0, 0.1) is 19.8 Å². The molecule has 0 aliphatic carbocycles. The predicted molar refractivity (Wildman–Crippen MR) is 87.0 cm³/mol. The van der Waals surface area contributed by atoms with Crippen LogP contribution in [0.4, 0.5) is 0 Å². The Bertz CT molecular complexity index is 573. The van der Waals surface area contributed by atoms with E-state index in [1.807, 2.05) is 0 Å². The first-order valence-electron chi connectivity index (χ1n) is 7.22. The second kappa shape index (κ2) is 6.79. The predicted octanol–water partition coefficient (Wildman–Crippen LogP) is 2.14. The van der Waals surface area contributed by atoms with Crippen molar-refractivity contribution in [3.05, 3.63) is 35.1 Å². The van der Waals surface area contributed by atoms with Gasteiger partial charge in [0.15, 0.2) is 0 Å². The van der Waals surface area contributed by atoms with E-state index in [4.69, 9.17) is 4.42 Å². The van der Waals surface area contributed by atoms with Gasteiger partial charge >= 0.3 is 0 Å². The topological polar surface area (TPSA) is 57.4 Å². The Hall–Kier alpha value is -1.07. The van der Waals surface area contributed by atoms with E-state index in [0.717, 1.165) is 29.8 Å². The van der Waals surface area contributed by atoms with Gasteiger partial charge in [-0.05, 0) is 43.2 Å². The zero-order valence-electron chi connectivity index (χ0n) is 12.5. The largest absolute Gasteiger partial charge is 0.460 e. The number of hydrogen-bond acceptors (Lipinski definition) is 4. The van der Waals surface area contributed by atoms with Gasteiger partial charge in [-0.3, -0.25) is 0 Å². The van der Waals surface area contributed by atoms with Crippen molar-refractivity contribution in [1.82, 2.24) is 10.6 Å². The highest BCUT2D eigenvalue weighted by atomic mass is 35.5. The lowest BCUT2D eigenvalue weighted by Crippen LogP contribution is -2.30. The fourth-order valence-corrected chi connectivity index (χ4v) is 2.75. The minimum atomic E-state index is -0.233. The van der Waals surface area contributed by atoms with E-state index in [1.165, 1.54) is 11.1 Å². The number of halogens is 1. The van der Waals surface area contributed by atoms with Crippen molar-refractivity contribution in [2.75, 3.05) is 19.6 Å². The molecule has 3 rings (SSSR count). The van der Waals surface area contributed by atoms with Gasteiger partial charge in [0.05, 0.1) is 12.6 Å². The van der Waals surface area contributed by atoms with Gasteiger partial charge in [0.2, 0.25) is 0 Å². The molecule has 2 aromatic rings. The molecule has 1 aliphatic rings. The molecule has 1 aromatic heterocycles. The quantitative estimate of drug-likeness (QED) is 0.810. The van der Waals surface area contributed by atoms with E-state index >= 15 is 0 Å². The molecule has 0 bridgehead atoms. The molecule has 1 fully saturated rings. The van der Waals surface area contributed by atoms with Crippen molar-refractivity contribution in [2.24, 2.45) is 5.92 Å². The fraction of sp³-hybridized carbons (Fsp3) is 0.500. The number of aliphatic hydroxyl groups is 1. The highest BCUT2D eigenvalue weighted by Crippen LogP contribution is 2.23. The van der Waals surface area contributed by atoms with Crippen molar-refractivity contribution >= 4 is 23.4 Å². The summed E-state index contributed by atoms with van der Waals surface area (Å²) in [5.41, 5.74) is 3.50. The summed E-state index contributed by atoms with van der Waals surface area (Å²) in [6.45, 7) is 7.32. The Kier molecular flexibility index (Phi) is 5.27. The highest BCUT2D eigenvalue weighted by Gasteiger charge is 2.24. The van der Waals surface area contributed by atoms with Gasteiger partial charge in [0, 0.05) is 30.9 Å². The molecule has 116 valence electrons. The van der Waals surface area contributed by atoms with Crippen LogP contribution in [-0.2, 0) is 6.54 Å². The number of aliphatic hydroxyl groups excluding tert-OH is 1. The standard InChI is InChI=1S/C16H22N2O2.ClH/c1-10-3-12-5-14(20-16(12)4-11(10)2)8-17-6-13-7-18-9-15(13)19;/h3-5,13,15,17-19H,6-9H2,1-2H3;1H. The van der Waals surface area contributed by atoms with Crippen LogP contribution in [0.1, 0.15) is 16.9 Å². The first-order chi connectivity index (χ1) is 9.63. The van der Waals surface area contributed by atoms with Crippen molar-refractivity contribution in [2.45, 2.75) is 26.5 Å². The van der Waals surface area contributed by atoms with Gasteiger partial charge in [0.25, 0.3) is 0 Å². The van der Waals surface area contributed by atoms with Crippen LogP contribution in [0.5, 0.6) is 0 Å². The highest BCUT2D eigenvalue weighted by molar-refractivity contribution is 5.85. The van der Waals surface area contributed by atoms with Gasteiger partial charge in [-0.1, -0.05) is 0 Å². The summed E-state index contributed by atoms with van der Waals surface area (Å²) in [4.78, 5) is 0. The Morgan fingerprint density at radius 3 is 2.71 bits per heavy atom. The van der Waals surface area contributed by atoms with Gasteiger partial charge < -0.3 is 20.2 Å². The molecule has 2 unspecified atom stereocenters. The number of nitrogens with one attached hydrogen (secondary N) is 2. The van der Waals surface area contributed by atoms with Gasteiger partial charge in [-0.2, -0.15) is 0 Å². The molecule has 2 heterocycles.